The Labute approximate surface area is 79.2 Å². The summed E-state index contributed by atoms with van der Waals surface area (Å²) in [4.78, 5) is 13.0. The van der Waals surface area contributed by atoms with E-state index in [1.807, 2.05) is 20.9 Å². The molecule has 1 rings (SSSR count). The summed E-state index contributed by atoms with van der Waals surface area (Å²) in [5, 5.41) is 3.09. The second kappa shape index (κ2) is 4.46. The number of carbonyl (C=O) groups is 1. The monoisotopic (exact) mass is 186 g/mol. The van der Waals surface area contributed by atoms with Gasteiger partial charge in [-0.3, -0.25) is 0 Å². The fourth-order valence-electron chi connectivity index (χ4n) is 1.51. The zero-order valence-corrected chi connectivity index (χ0v) is 8.54. The third-order valence-corrected chi connectivity index (χ3v) is 2.25. The predicted octanol–water partition coefficient (Wildman–Crippen LogP) is 0.683. The number of hydrogen-bond donors (Lipinski definition) is 1. The van der Waals surface area contributed by atoms with E-state index in [1.165, 1.54) is 0 Å². The van der Waals surface area contributed by atoms with Gasteiger partial charge in [-0.15, -0.1) is 0 Å². The van der Waals surface area contributed by atoms with Crippen LogP contribution in [-0.2, 0) is 4.74 Å². The molecular formula is C9H18N2O2. The molecule has 0 saturated carbocycles. The van der Waals surface area contributed by atoms with Crippen LogP contribution in [0, 0.1) is 5.92 Å². The summed E-state index contributed by atoms with van der Waals surface area (Å²) in [7, 11) is 1.91. The number of hydrogen-bond acceptors (Lipinski definition) is 3. The van der Waals surface area contributed by atoms with Gasteiger partial charge < -0.3 is 15.0 Å². The molecule has 0 aromatic carbocycles. The molecule has 0 spiro atoms. The smallest absolute Gasteiger partial charge is 0.410 e. The summed E-state index contributed by atoms with van der Waals surface area (Å²) in [5.41, 5.74) is 0. The SMILES string of the molecule is CNCC1COC(=O)N(C(C)C)C1. The van der Waals surface area contributed by atoms with Crippen molar-refractivity contribution in [2.24, 2.45) is 5.92 Å². The summed E-state index contributed by atoms with van der Waals surface area (Å²) in [5.74, 6) is 0.421. The van der Waals surface area contributed by atoms with Crippen LogP contribution in [0.2, 0.25) is 0 Å². The molecule has 0 aromatic rings. The van der Waals surface area contributed by atoms with Crippen LogP contribution in [0.15, 0.2) is 0 Å². The topological polar surface area (TPSA) is 41.6 Å². The van der Waals surface area contributed by atoms with E-state index in [1.54, 1.807) is 4.90 Å². The zero-order chi connectivity index (χ0) is 9.84. The summed E-state index contributed by atoms with van der Waals surface area (Å²) in [6.45, 7) is 6.25. The van der Waals surface area contributed by atoms with E-state index in [0.29, 0.717) is 12.5 Å². The van der Waals surface area contributed by atoms with Gasteiger partial charge in [-0.2, -0.15) is 0 Å². The first-order valence-corrected chi connectivity index (χ1v) is 4.73. The lowest BCUT2D eigenvalue weighted by molar-refractivity contribution is 0.0325. The van der Waals surface area contributed by atoms with E-state index in [-0.39, 0.29) is 12.1 Å². The molecule has 76 valence electrons. The molecule has 1 aliphatic rings. The largest absolute Gasteiger partial charge is 0.449 e. The lowest BCUT2D eigenvalue weighted by Crippen LogP contribution is -2.48. The van der Waals surface area contributed by atoms with E-state index in [2.05, 4.69) is 5.32 Å². The van der Waals surface area contributed by atoms with Crippen molar-refractivity contribution >= 4 is 6.09 Å². The highest BCUT2D eigenvalue weighted by Gasteiger charge is 2.28. The molecule has 0 aliphatic carbocycles. The van der Waals surface area contributed by atoms with Crippen LogP contribution in [0.4, 0.5) is 4.79 Å². The average molecular weight is 186 g/mol. The molecule has 1 saturated heterocycles. The molecule has 1 atom stereocenters. The van der Waals surface area contributed by atoms with Crippen LogP contribution in [0.3, 0.4) is 0 Å². The summed E-state index contributed by atoms with van der Waals surface area (Å²) in [6.07, 6.45) is -0.178. The van der Waals surface area contributed by atoms with Crippen LogP contribution in [0.1, 0.15) is 13.8 Å². The Morgan fingerprint density at radius 3 is 2.92 bits per heavy atom. The van der Waals surface area contributed by atoms with Crippen molar-refractivity contribution in [2.45, 2.75) is 19.9 Å². The van der Waals surface area contributed by atoms with Gasteiger partial charge in [0, 0.05) is 25.0 Å². The minimum Gasteiger partial charge on any atom is -0.449 e. The Morgan fingerprint density at radius 1 is 1.69 bits per heavy atom. The van der Waals surface area contributed by atoms with Crippen molar-refractivity contribution in [3.05, 3.63) is 0 Å². The molecule has 0 aromatic heterocycles. The quantitative estimate of drug-likeness (QED) is 0.705. The molecule has 1 N–H and O–H groups in total. The van der Waals surface area contributed by atoms with Gasteiger partial charge in [-0.05, 0) is 20.9 Å². The minimum absolute atomic E-state index is 0.178. The Morgan fingerprint density at radius 2 is 2.38 bits per heavy atom. The van der Waals surface area contributed by atoms with Crippen molar-refractivity contribution in [2.75, 3.05) is 26.7 Å². The van der Waals surface area contributed by atoms with Gasteiger partial charge in [0.15, 0.2) is 0 Å². The van der Waals surface area contributed by atoms with Crippen molar-refractivity contribution in [1.82, 2.24) is 10.2 Å². The van der Waals surface area contributed by atoms with Gasteiger partial charge in [-0.25, -0.2) is 4.79 Å². The first kappa shape index (κ1) is 10.3. The number of rotatable bonds is 3. The van der Waals surface area contributed by atoms with Crippen molar-refractivity contribution in [3.63, 3.8) is 0 Å². The second-order valence-electron chi connectivity index (χ2n) is 3.75. The van der Waals surface area contributed by atoms with E-state index in [9.17, 15) is 4.79 Å². The fourth-order valence-corrected chi connectivity index (χ4v) is 1.51. The predicted molar refractivity (Wildman–Crippen MR) is 50.6 cm³/mol. The lowest BCUT2D eigenvalue weighted by atomic mass is 10.1. The highest BCUT2D eigenvalue weighted by molar-refractivity contribution is 5.68. The van der Waals surface area contributed by atoms with E-state index < -0.39 is 0 Å². The second-order valence-corrected chi connectivity index (χ2v) is 3.75. The van der Waals surface area contributed by atoms with Crippen molar-refractivity contribution in [1.29, 1.82) is 0 Å². The highest BCUT2D eigenvalue weighted by atomic mass is 16.6. The molecule has 0 radical (unpaired) electrons. The van der Waals surface area contributed by atoms with Crippen molar-refractivity contribution in [3.8, 4) is 0 Å². The van der Waals surface area contributed by atoms with E-state index >= 15 is 0 Å². The Hall–Kier alpha value is -0.770. The van der Waals surface area contributed by atoms with Crippen LogP contribution in [0.25, 0.3) is 0 Å². The molecule has 13 heavy (non-hydrogen) atoms. The van der Waals surface area contributed by atoms with Gasteiger partial charge in [-0.1, -0.05) is 0 Å². The Bertz CT molecular complexity index is 182. The maximum atomic E-state index is 11.3. The van der Waals surface area contributed by atoms with Gasteiger partial charge in [0.1, 0.15) is 0 Å². The molecule has 4 nitrogen and oxygen atoms in total. The molecular weight excluding hydrogens is 168 g/mol. The van der Waals surface area contributed by atoms with Crippen LogP contribution in [0.5, 0.6) is 0 Å². The molecule has 1 aliphatic heterocycles. The Balaban J connectivity index is 2.48. The molecule has 4 heteroatoms. The fraction of sp³-hybridized carbons (Fsp3) is 0.889. The maximum absolute atomic E-state index is 11.3. The highest BCUT2D eigenvalue weighted by Crippen LogP contribution is 2.13. The first-order chi connectivity index (χ1) is 6.15. The molecule has 1 amide bonds. The molecule has 1 heterocycles. The average Bonchev–Trinajstić information content (AvgIpc) is 2.08. The van der Waals surface area contributed by atoms with Crippen molar-refractivity contribution < 1.29 is 9.53 Å². The Kier molecular flexibility index (Phi) is 3.54. The molecule has 1 fully saturated rings. The summed E-state index contributed by atoms with van der Waals surface area (Å²) in [6, 6.07) is 0.229. The third-order valence-electron chi connectivity index (χ3n) is 2.25. The van der Waals surface area contributed by atoms with Gasteiger partial charge in [0.05, 0.1) is 6.61 Å². The number of ether oxygens (including phenoxy) is 1. The van der Waals surface area contributed by atoms with Gasteiger partial charge >= 0.3 is 6.09 Å². The number of nitrogens with zero attached hydrogens (tertiary/aromatic N) is 1. The minimum atomic E-state index is -0.178. The van der Waals surface area contributed by atoms with Crippen LogP contribution < -0.4 is 5.32 Å². The van der Waals surface area contributed by atoms with Gasteiger partial charge in [0.25, 0.3) is 0 Å². The van der Waals surface area contributed by atoms with E-state index in [0.717, 1.165) is 13.1 Å². The number of cyclic esters (lactones) is 1. The standard InChI is InChI=1S/C9H18N2O2/c1-7(2)11-5-8(4-10-3)6-13-9(11)12/h7-8,10H,4-6H2,1-3H3. The third kappa shape index (κ3) is 2.59. The van der Waals surface area contributed by atoms with Crippen LogP contribution >= 0.6 is 0 Å². The number of carbonyl (C=O) groups excluding carboxylic acids is 1. The number of amides is 1. The van der Waals surface area contributed by atoms with Crippen LogP contribution in [-0.4, -0.2) is 43.8 Å². The molecule has 1 unspecified atom stereocenters. The normalized spacial score (nSPS) is 23.5. The molecule has 0 bridgehead atoms. The summed E-state index contributed by atoms with van der Waals surface area (Å²) >= 11 is 0. The maximum Gasteiger partial charge on any atom is 0.410 e. The summed E-state index contributed by atoms with van der Waals surface area (Å²) < 4.78 is 5.06. The van der Waals surface area contributed by atoms with Gasteiger partial charge in [0.2, 0.25) is 0 Å². The number of nitrogens with one attached hydrogen (secondary N) is 1. The zero-order valence-electron chi connectivity index (χ0n) is 8.54. The first-order valence-electron chi connectivity index (χ1n) is 4.73. The lowest BCUT2D eigenvalue weighted by Gasteiger charge is -2.34. The van der Waals surface area contributed by atoms with E-state index in [4.69, 9.17) is 4.74 Å².